The molecule has 2 rings (SSSR count). The molecule has 0 radical (unpaired) electrons. The van der Waals surface area contributed by atoms with E-state index in [1.807, 2.05) is 0 Å². The predicted octanol–water partition coefficient (Wildman–Crippen LogP) is 2.70. The van der Waals surface area contributed by atoms with Crippen LogP contribution in [0.1, 0.15) is 24.0 Å². The lowest BCUT2D eigenvalue weighted by molar-refractivity contribution is 0.162. The molecule has 3 nitrogen and oxygen atoms in total. The van der Waals surface area contributed by atoms with Crippen molar-refractivity contribution in [1.29, 1.82) is 0 Å². The Balaban J connectivity index is 2.02. The van der Waals surface area contributed by atoms with Crippen LogP contribution in [0.25, 0.3) is 0 Å². The lowest BCUT2D eigenvalue weighted by Gasteiger charge is -2.34. The first-order valence-electron chi connectivity index (χ1n) is 6.84. The molecule has 0 aromatic heterocycles. The van der Waals surface area contributed by atoms with Crippen LogP contribution < -0.4 is 5.32 Å². The van der Waals surface area contributed by atoms with Gasteiger partial charge in [-0.15, -0.1) is 0 Å². The van der Waals surface area contributed by atoms with Gasteiger partial charge in [0.25, 0.3) is 0 Å². The van der Waals surface area contributed by atoms with Crippen LogP contribution in [0.15, 0.2) is 18.2 Å². The zero-order valence-electron chi connectivity index (χ0n) is 11.6. The molecule has 1 saturated heterocycles. The SMILES string of the molecule is Cc1ccc(C)c(NC(=S)N2CCC[C@H](CO)C2)c1. The molecule has 1 aromatic carbocycles. The summed E-state index contributed by atoms with van der Waals surface area (Å²) in [5, 5.41) is 13.4. The van der Waals surface area contributed by atoms with Crippen molar-refractivity contribution in [2.45, 2.75) is 26.7 Å². The predicted molar refractivity (Wildman–Crippen MR) is 83.5 cm³/mol. The van der Waals surface area contributed by atoms with E-state index in [1.165, 1.54) is 11.1 Å². The largest absolute Gasteiger partial charge is 0.396 e. The number of aryl methyl sites for hydroxylation is 2. The van der Waals surface area contributed by atoms with Crippen LogP contribution in [0.2, 0.25) is 0 Å². The molecular formula is C15H22N2OS. The van der Waals surface area contributed by atoms with Crippen LogP contribution in [-0.2, 0) is 0 Å². The van der Waals surface area contributed by atoms with Crippen LogP contribution >= 0.6 is 12.2 Å². The Hall–Kier alpha value is -1.13. The minimum absolute atomic E-state index is 0.253. The fraction of sp³-hybridized carbons (Fsp3) is 0.533. The summed E-state index contributed by atoms with van der Waals surface area (Å²) >= 11 is 5.49. The van der Waals surface area contributed by atoms with Crippen molar-refractivity contribution in [2.24, 2.45) is 5.92 Å². The van der Waals surface area contributed by atoms with Gasteiger partial charge in [-0.1, -0.05) is 12.1 Å². The highest BCUT2D eigenvalue weighted by Crippen LogP contribution is 2.20. The van der Waals surface area contributed by atoms with Crippen molar-refractivity contribution < 1.29 is 5.11 Å². The zero-order valence-corrected chi connectivity index (χ0v) is 12.5. The van der Waals surface area contributed by atoms with Gasteiger partial charge >= 0.3 is 0 Å². The Morgan fingerprint density at radius 3 is 3.00 bits per heavy atom. The van der Waals surface area contributed by atoms with E-state index >= 15 is 0 Å². The Morgan fingerprint density at radius 1 is 1.47 bits per heavy atom. The fourth-order valence-corrected chi connectivity index (χ4v) is 2.74. The number of hydrogen-bond donors (Lipinski definition) is 2. The van der Waals surface area contributed by atoms with Gasteiger partial charge in [-0.3, -0.25) is 0 Å². The van der Waals surface area contributed by atoms with Crippen molar-refractivity contribution in [3.05, 3.63) is 29.3 Å². The van der Waals surface area contributed by atoms with Gasteiger partial charge in [0, 0.05) is 25.4 Å². The number of benzene rings is 1. The molecule has 0 unspecified atom stereocenters. The number of piperidine rings is 1. The van der Waals surface area contributed by atoms with Gasteiger partial charge in [-0.05, 0) is 62.0 Å². The second kappa shape index (κ2) is 6.35. The minimum Gasteiger partial charge on any atom is -0.396 e. The van der Waals surface area contributed by atoms with Gasteiger partial charge in [0.1, 0.15) is 0 Å². The third-order valence-electron chi connectivity index (χ3n) is 3.70. The van der Waals surface area contributed by atoms with Crippen molar-refractivity contribution in [1.82, 2.24) is 4.90 Å². The Labute approximate surface area is 120 Å². The van der Waals surface area contributed by atoms with E-state index in [0.717, 1.165) is 36.7 Å². The van der Waals surface area contributed by atoms with E-state index in [1.54, 1.807) is 0 Å². The maximum Gasteiger partial charge on any atom is 0.173 e. The number of nitrogens with one attached hydrogen (secondary N) is 1. The lowest BCUT2D eigenvalue weighted by Crippen LogP contribution is -2.43. The number of nitrogens with zero attached hydrogens (tertiary/aromatic N) is 1. The number of thiocarbonyl (C=S) groups is 1. The van der Waals surface area contributed by atoms with E-state index < -0.39 is 0 Å². The first-order chi connectivity index (χ1) is 9.10. The van der Waals surface area contributed by atoms with Crippen LogP contribution in [0.4, 0.5) is 5.69 Å². The number of rotatable bonds is 2. The third kappa shape index (κ3) is 3.67. The maximum atomic E-state index is 9.27. The molecule has 19 heavy (non-hydrogen) atoms. The summed E-state index contributed by atoms with van der Waals surface area (Å²) in [7, 11) is 0. The first-order valence-corrected chi connectivity index (χ1v) is 7.25. The number of hydrogen-bond acceptors (Lipinski definition) is 2. The highest BCUT2D eigenvalue weighted by atomic mass is 32.1. The first kappa shape index (κ1) is 14.3. The van der Waals surface area contributed by atoms with Crippen LogP contribution in [-0.4, -0.2) is 34.8 Å². The van der Waals surface area contributed by atoms with Crippen molar-refractivity contribution in [3.63, 3.8) is 0 Å². The van der Waals surface area contributed by atoms with Crippen molar-refractivity contribution >= 4 is 23.0 Å². The molecule has 0 bridgehead atoms. The third-order valence-corrected chi connectivity index (χ3v) is 4.06. The average Bonchev–Trinajstić information content (AvgIpc) is 2.43. The average molecular weight is 278 g/mol. The van der Waals surface area contributed by atoms with E-state index in [9.17, 15) is 5.11 Å². The van der Waals surface area contributed by atoms with Crippen molar-refractivity contribution in [2.75, 3.05) is 25.0 Å². The van der Waals surface area contributed by atoms with Gasteiger partial charge in [0.2, 0.25) is 0 Å². The number of anilines is 1. The summed E-state index contributed by atoms with van der Waals surface area (Å²) in [6, 6.07) is 6.33. The molecule has 0 aliphatic carbocycles. The molecule has 1 heterocycles. The smallest absolute Gasteiger partial charge is 0.173 e. The number of aliphatic hydroxyl groups is 1. The molecule has 1 atom stereocenters. The molecule has 1 fully saturated rings. The fourth-order valence-electron chi connectivity index (χ4n) is 2.46. The summed E-state index contributed by atoms with van der Waals surface area (Å²) in [5.74, 6) is 0.354. The molecule has 0 saturated carbocycles. The second-order valence-corrected chi connectivity index (χ2v) is 5.77. The summed E-state index contributed by atoms with van der Waals surface area (Å²) in [5.41, 5.74) is 3.50. The van der Waals surface area contributed by atoms with Gasteiger partial charge < -0.3 is 15.3 Å². The van der Waals surface area contributed by atoms with Gasteiger partial charge in [-0.2, -0.15) is 0 Å². The lowest BCUT2D eigenvalue weighted by atomic mass is 9.99. The summed E-state index contributed by atoms with van der Waals surface area (Å²) in [4.78, 5) is 2.17. The van der Waals surface area contributed by atoms with Gasteiger partial charge in [0.05, 0.1) is 0 Å². The van der Waals surface area contributed by atoms with Crippen LogP contribution in [0.5, 0.6) is 0 Å². The molecule has 1 aliphatic heterocycles. The van der Waals surface area contributed by atoms with E-state index in [-0.39, 0.29) is 6.61 Å². The Kier molecular flexibility index (Phi) is 4.77. The number of likely N-dealkylation sites (tertiary alicyclic amines) is 1. The monoisotopic (exact) mass is 278 g/mol. The molecule has 0 spiro atoms. The maximum absolute atomic E-state index is 9.27. The highest BCUT2D eigenvalue weighted by molar-refractivity contribution is 7.80. The quantitative estimate of drug-likeness (QED) is 0.815. The standard InChI is InChI=1S/C15H22N2OS/c1-11-5-6-12(2)14(8-11)16-15(19)17-7-3-4-13(9-17)10-18/h5-6,8,13,18H,3-4,7,9-10H2,1-2H3,(H,16,19)/t13-/m0/s1. The normalized spacial score (nSPS) is 19.3. The summed E-state index contributed by atoms with van der Waals surface area (Å²) < 4.78 is 0. The molecule has 2 N–H and O–H groups in total. The highest BCUT2D eigenvalue weighted by Gasteiger charge is 2.21. The summed E-state index contributed by atoms with van der Waals surface area (Å²) in [6.07, 6.45) is 2.19. The van der Waals surface area contributed by atoms with E-state index in [0.29, 0.717) is 5.92 Å². The van der Waals surface area contributed by atoms with Crippen LogP contribution in [0.3, 0.4) is 0 Å². The Morgan fingerprint density at radius 2 is 2.26 bits per heavy atom. The molecule has 1 aromatic rings. The second-order valence-electron chi connectivity index (χ2n) is 5.39. The molecule has 0 amide bonds. The van der Waals surface area contributed by atoms with Gasteiger partial charge in [0.15, 0.2) is 5.11 Å². The summed E-state index contributed by atoms with van der Waals surface area (Å²) in [6.45, 7) is 6.25. The van der Waals surface area contributed by atoms with Crippen molar-refractivity contribution in [3.8, 4) is 0 Å². The zero-order chi connectivity index (χ0) is 13.8. The topological polar surface area (TPSA) is 35.5 Å². The molecule has 104 valence electrons. The Bertz CT molecular complexity index is 461. The molecular weight excluding hydrogens is 256 g/mol. The van der Waals surface area contributed by atoms with E-state index in [2.05, 4.69) is 42.3 Å². The molecule has 4 heteroatoms. The minimum atomic E-state index is 0.253. The van der Waals surface area contributed by atoms with E-state index in [4.69, 9.17) is 12.2 Å². The van der Waals surface area contributed by atoms with Gasteiger partial charge in [-0.25, -0.2) is 0 Å². The number of aliphatic hydroxyl groups excluding tert-OH is 1. The van der Waals surface area contributed by atoms with Crippen LogP contribution in [0, 0.1) is 19.8 Å². The molecule has 1 aliphatic rings.